The molecular weight excluding hydrogens is 340 g/mol. The van der Waals surface area contributed by atoms with Crippen molar-refractivity contribution in [2.75, 3.05) is 26.2 Å². The maximum atomic E-state index is 12.8. The molecule has 0 aromatic carbocycles. The summed E-state index contributed by atoms with van der Waals surface area (Å²) in [6.45, 7) is 6.84. The summed E-state index contributed by atoms with van der Waals surface area (Å²) in [6, 6.07) is 6.33. The monoisotopic (exact) mass is 368 g/mol. The number of likely N-dealkylation sites (tertiary alicyclic amines) is 1. The van der Waals surface area contributed by atoms with Gasteiger partial charge in [0.15, 0.2) is 0 Å². The number of nitrogens with one attached hydrogen (secondary N) is 1. The fraction of sp³-hybridized carbons (Fsp3) is 0.550. The Balaban J connectivity index is 1.40. The Bertz CT molecular complexity index is 768. The second-order valence-corrected chi connectivity index (χ2v) is 7.51. The number of piperidine rings is 1. The molecule has 4 heterocycles. The van der Waals surface area contributed by atoms with Gasteiger partial charge in [-0.1, -0.05) is 12.5 Å². The van der Waals surface area contributed by atoms with Gasteiger partial charge in [0.1, 0.15) is 0 Å². The summed E-state index contributed by atoms with van der Waals surface area (Å²) >= 11 is 0. The van der Waals surface area contributed by atoms with Gasteiger partial charge < -0.3 is 10.2 Å². The van der Waals surface area contributed by atoms with Gasteiger partial charge in [-0.05, 0) is 50.6 Å². The first-order valence-electron chi connectivity index (χ1n) is 9.91. The van der Waals surface area contributed by atoms with E-state index in [4.69, 9.17) is 0 Å². The zero-order valence-electron chi connectivity index (χ0n) is 16.0. The van der Waals surface area contributed by atoms with Crippen LogP contribution in [-0.2, 0) is 13.1 Å². The SMILES string of the molecule is Cc1cc2n(n1)CCN(C(=O)NC[C@@H](c1cccnc1)N1CCCCC1)C2. The number of hydrogen-bond acceptors (Lipinski definition) is 4. The third-order valence-electron chi connectivity index (χ3n) is 5.55. The lowest BCUT2D eigenvalue weighted by Crippen LogP contribution is -2.47. The van der Waals surface area contributed by atoms with E-state index < -0.39 is 0 Å². The number of aromatic nitrogens is 3. The molecule has 0 unspecified atom stereocenters. The van der Waals surface area contributed by atoms with E-state index in [1.165, 1.54) is 24.8 Å². The number of rotatable bonds is 4. The molecule has 7 heteroatoms. The Morgan fingerprint density at radius 3 is 2.85 bits per heavy atom. The highest BCUT2D eigenvalue weighted by Gasteiger charge is 2.26. The van der Waals surface area contributed by atoms with Gasteiger partial charge in [-0.2, -0.15) is 5.10 Å². The molecule has 27 heavy (non-hydrogen) atoms. The van der Waals surface area contributed by atoms with Crippen molar-refractivity contribution in [1.82, 2.24) is 29.9 Å². The molecular formula is C20H28N6O. The molecule has 0 saturated carbocycles. The van der Waals surface area contributed by atoms with Crippen LogP contribution in [0.2, 0.25) is 0 Å². The van der Waals surface area contributed by atoms with E-state index in [0.29, 0.717) is 19.6 Å². The van der Waals surface area contributed by atoms with E-state index >= 15 is 0 Å². The zero-order valence-corrected chi connectivity index (χ0v) is 16.0. The van der Waals surface area contributed by atoms with Crippen molar-refractivity contribution in [2.45, 2.75) is 45.3 Å². The second-order valence-electron chi connectivity index (χ2n) is 7.51. The van der Waals surface area contributed by atoms with E-state index in [2.05, 4.69) is 32.4 Å². The third kappa shape index (κ3) is 4.13. The minimum absolute atomic E-state index is 0.00556. The van der Waals surface area contributed by atoms with Crippen molar-refractivity contribution >= 4 is 6.03 Å². The molecule has 4 rings (SSSR count). The summed E-state index contributed by atoms with van der Waals surface area (Å²) in [7, 11) is 0. The summed E-state index contributed by atoms with van der Waals surface area (Å²) < 4.78 is 2.01. The smallest absolute Gasteiger partial charge is 0.317 e. The maximum Gasteiger partial charge on any atom is 0.317 e. The average molecular weight is 368 g/mol. The Morgan fingerprint density at radius 2 is 2.07 bits per heavy atom. The van der Waals surface area contributed by atoms with E-state index in [0.717, 1.165) is 31.0 Å². The number of pyridine rings is 1. The number of aryl methyl sites for hydroxylation is 1. The van der Waals surface area contributed by atoms with Crippen molar-refractivity contribution < 1.29 is 4.79 Å². The standard InChI is InChI=1S/C20H28N6O/c1-16-12-18-15-25(10-11-26(18)23-16)20(27)22-14-19(17-6-5-7-21-13-17)24-8-3-2-4-9-24/h5-7,12-13,19H,2-4,8-11,14-15H2,1H3,(H,22,27)/t19-/m0/s1. The molecule has 1 N–H and O–H groups in total. The lowest BCUT2D eigenvalue weighted by Gasteiger charge is -2.35. The maximum absolute atomic E-state index is 12.8. The van der Waals surface area contributed by atoms with Crippen molar-refractivity contribution in [3.8, 4) is 0 Å². The van der Waals surface area contributed by atoms with Gasteiger partial charge in [-0.3, -0.25) is 14.6 Å². The second kappa shape index (κ2) is 8.08. The van der Waals surface area contributed by atoms with Gasteiger partial charge in [0.05, 0.1) is 30.5 Å². The fourth-order valence-corrected chi connectivity index (χ4v) is 4.14. The van der Waals surface area contributed by atoms with Gasteiger partial charge in [-0.25, -0.2) is 4.79 Å². The molecule has 0 bridgehead atoms. The van der Waals surface area contributed by atoms with Crippen LogP contribution < -0.4 is 5.32 Å². The Kier molecular flexibility index (Phi) is 5.38. The number of fused-ring (bicyclic) bond motifs is 1. The average Bonchev–Trinajstić information content (AvgIpc) is 3.09. The first-order valence-corrected chi connectivity index (χ1v) is 9.91. The van der Waals surface area contributed by atoms with E-state index in [1.807, 2.05) is 28.8 Å². The molecule has 0 radical (unpaired) electrons. The third-order valence-corrected chi connectivity index (χ3v) is 5.55. The summed E-state index contributed by atoms with van der Waals surface area (Å²) in [5.74, 6) is 0. The van der Waals surface area contributed by atoms with Gasteiger partial charge in [0, 0.05) is 25.5 Å². The number of amides is 2. The number of carbonyl (C=O) groups excluding carboxylic acids is 1. The van der Waals surface area contributed by atoms with Crippen LogP contribution in [0.25, 0.3) is 0 Å². The molecule has 0 aliphatic carbocycles. The summed E-state index contributed by atoms with van der Waals surface area (Å²) in [6.07, 6.45) is 7.46. The Labute approximate surface area is 160 Å². The normalized spacial score (nSPS) is 18.8. The molecule has 1 atom stereocenters. The lowest BCUT2D eigenvalue weighted by atomic mass is 10.0. The molecule has 0 spiro atoms. The molecule has 2 aromatic heterocycles. The van der Waals surface area contributed by atoms with E-state index in [-0.39, 0.29) is 12.1 Å². The van der Waals surface area contributed by atoms with Crippen molar-refractivity contribution in [1.29, 1.82) is 0 Å². The molecule has 2 aliphatic heterocycles. The van der Waals surface area contributed by atoms with Crippen LogP contribution in [0.5, 0.6) is 0 Å². The minimum Gasteiger partial charge on any atom is -0.336 e. The predicted octanol–water partition coefficient (Wildman–Crippen LogP) is 2.34. The highest BCUT2D eigenvalue weighted by molar-refractivity contribution is 5.74. The summed E-state index contributed by atoms with van der Waals surface area (Å²) in [4.78, 5) is 21.4. The zero-order chi connectivity index (χ0) is 18.6. The molecule has 1 fully saturated rings. The number of hydrogen-bond donors (Lipinski definition) is 1. The minimum atomic E-state index is 0.00556. The topological polar surface area (TPSA) is 66.3 Å². The largest absolute Gasteiger partial charge is 0.336 e. The number of urea groups is 1. The summed E-state index contributed by atoms with van der Waals surface area (Å²) in [5.41, 5.74) is 3.29. The Hall–Kier alpha value is -2.41. The molecule has 2 aromatic rings. The number of nitrogens with zero attached hydrogens (tertiary/aromatic N) is 5. The molecule has 2 aliphatic rings. The van der Waals surface area contributed by atoms with Crippen LogP contribution in [0.15, 0.2) is 30.6 Å². The molecule has 144 valence electrons. The van der Waals surface area contributed by atoms with Crippen LogP contribution >= 0.6 is 0 Å². The quantitative estimate of drug-likeness (QED) is 0.900. The van der Waals surface area contributed by atoms with Crippen molar-refractivity contribution in [3.63, 3.8) is 0 Å². The van der Waals surface area contributed by atoms with Crippen molar-refractivity contribution in [3.05, 3.63) is 47.5 Å². The highest BCUT2D eigenvalue weighted by Crippen LogP contribution is 2.23. The lowest BCUT2D eigenvalue weighted by molar-refractivity contribution is 0.150. The van der Waals surface area contributed by atoms with Crippen molar-refractivity contribution in [2.24, 2.45) is 0 Å². The number of carbonyl (C=O) groups is 1. The fourth-order valence-electron chi connectivity index (χ4n) is 4.14. The molecule has 2 amide bonds. The van der Waals surface area contributed by atoms with Crippen LogP contribution in [0.1, 0.15) is 42.3 Å². The Morgan fingerprint density at radius 1 is 1.22 bits per heavy atom. The van der Waals surface area contributed by atoms with Gasteiger partial charge >= 0.3 is 6.03 Å². The van der Waals surface area contributed by atoms with Crippen LogP contribution in [0.3, 0.4) is 0 Å². The van der Waals surface area contributed by atoms with E-state index in [9.17, 15) is 4.79 Å². The van der Waals surface area contributed by atoms with Crippen LogP contribution in [-0.4, -0.2) is 56.8 Å². The highest BCUT2D eigenvalue weighted by atomic mass is 16.2. The molecule has 7 nitrogen and oxygen atoms in total. The van der Waals surface area contributed by atoms with Gasteiger partial charge in [-0.15, -0.1) is 0 Å². The van der Waals surface area contributed by atoms with E-state index in [1.54, 1.807) is 6.20 Å². The van der Waals surface area contributed by atoms with Crippen LogP contribution in [0.4, 0.5) is 4.79 Å². The summed E-state index contributed by atoms with van der Waals surface area (Å²) in [5, 5.41) is 7.64. The van der Waals surface area contributed by atoms with Gasteiger partial charge in [0.2, 0.25) is 0 Å². The predicted molar refractivity (Wildman–Crippen MR) is 103 cm³/mol. The molecule has 1 saturated heterocycles. The van der Waals surface area contributed by atoms with Crippen LogP contribution in [0, 0.1) is 6.92 Å². The first-order chi connectivity index (χ1) is 13.2. The van der Waals surface area contributed by atoms with Gasteiger partial charge in [0.25, 0.3) is 0 Å². The first kappa shape index (κ1) is 18.0.